The number of rotatable bonds is 5. The number of ether oxygens (including phenoxy) is 1. The molecule has 0 saturated carbocycles. The predicted molar refractivity (Wildman–Crippen MR) is 104 cm³/mol. The fourth-order valence-corrected chi connectivity index (χ4v) is 2.59. The number of aromatic nitrogens is 3. The van der Waals surface area contributed by atoms with Gasteiger partial charge in [0.25, 0.3) is 0 Å². The van der Waals surface area contributed by atoms with E-state index in [2.05, 4.69) is 30.8 Å². The molecule has 1 aliphatic rings. The van der Waals surface area contributed by atoms with Crippen LogP contribution in [0, 0.1) is 0 Å². The van der Waals surface area contributed by atoms with E-state index in [0.717, 1.165) is 6.54 Å². The zero-order valence-corrected chi connectivity index (χ0v) is 16.7. The summed E-state index contributed by atoms with van der Waals surface area (Å²) in [5, 5.41) is 13.5. The third-order valence-corrected chi connectivity index (χ3v) is 3.88. The van der Waals surface area contributed by atoms with E-state index in [4.69, 9.17) is 9.15 Å². The van der Waals surface area contributed by atoms with Gasteiger partial charge < -0.3 is 24.7 Å². The van der Waals surface area contributed by atoms with Crippen molar-refractivity contribution >= 4 is 12.1 Å². The molecule has 0 bridgehead atoms. The average Bonchev–Trinajstić information content (AvgIpc) is 3.24. The Kier molecular flexibility index (Phi) is 5.86. The number of aliphatic imine (C=N–C) groups is 1. The average molecular weight is 389 g/mol. The first-order chi connectivity index (χ1) is 13.3. The third kappa shape index (κ3) is 5.24. The summed E-state index contributed by atoms with van der Waals surface area (Å²) < 4.78 is 10.7. The number of amides is 1. The molecule has 3 heterocycles. The number of carbonyl (C=O) groups is 1. The Balaban J connectivity index is 1.51. The van der Waals surface area contributed by atoms with Crippen molar-refractivity contribution in [1.82, 2.24) is 30.7 Å². The van der Waals surface area contributed by atoms with Crippen LogP contribution in [0.1, 0.15) is 33.5 Å². The number of nitrogens with zero attached hydrogens (tertiary/aromatic N) is 4. The Morgan fingerprint density at radius 2 is 2.25 bits per heavy atom. The zero-order valence-electron chi connectivity index (χ0n) is 16.7. The number of aromatic amines is 1. The summed E-state index contributed by atoms with van der Waals surface area (Å²) in [7, 11) is 0. The molecule has 1 amide bonds. The van der Waals surface area contributed by atoms with E-state index in [1.54, 1.807) is 23.3 Å². The van der Waals surface area contributed by atoms with E-state index < -0.39 is 5.60 Å². The van der Waals surface area contributed by atoms with Gasteiger partial charge >= 0.3 is 6.09 Å². The number of furan rings is 1. The Labute approximate surface area is 163 Å². The van der Waals surface area contributed by atoms with E-state index >= 15 is 0 Å². The minimum absolute atomic E-state index is 0.124. The third-order valence-electron chi connectivity index (χ3n) is 3.88. The Morgan fingerprint density at radius 3 is 2.89 bits per heavy atom. The molecule has 1 fully saturated rings. The summed E-state index contributed by atoms with van der Waals surface area (Å²) in [5.41, 5.74) is -0.489. The number of likely N-dealkylation sites (tertiary alicyclic amines) is 1. The van der Waals surface area contributed by atoms with Crippen LogP contribution in [-0.4, -0.2) is 63.4 Å². The first-order valence-corrected chi connectivity index (χ1v) is 9.32. The largest absolute Gasteiger partial charge is 0.461 e. The molecule has 0 spiro atoms. The maximum Gasteiger partial charge on any atom is 0.410 e. The first kappa shape index (κ1) is 19.7. The number of nitrogens with one attached hydrogen (secondary N) is 3. The van der Waals surface area contributed by atoms with Crippen molar-refractivity contribution in [2.24, 2.45) is 4.99 Å². The summed E-state index contributed by atoms with van der Waals surface area (Å²) in [6, 6.07) is 3.71. The fourth-order valence-electron chi connectivity index (χ4n) is 2.59. The van der Waals surface area contributed by atoms with E-state index in [1.807, 2.05) is 27.7 Å². The highest BCUT2D eigenvalue weighted by Crippen LogP contribution is 2.16. The molecule has 10 nitrogen and oxygen atoms in total. The van der Waals surface area contributed by atoms with E-state index in [9.17, 15) is 4.79 Å². The van der Waals surface area contributed by atoms with E-state index in [-0.39, 0.29) is 12.1 Å². The summed E-state index contributed by atoms with van der Waals surface area (Å²) in [4.78, 5) is 22.6. The van der Waals surface area contributed by atoms with Crippen LogP contribution in [0.3, 0.4) is 0 Å². The summed E-state index contributed by atoms with van der Waals surface area (Å²) in [5.74, 6) is 2.40. The van der Waals surface area contributed by atoms with Crippen molar-refractivity contribution in [2.75, 3.05) is 19.6 Å². The van der Waals surface area contributed by atoms with Gasteiger partial charge in [-0.15, -0.1) is 5.10 Å². The van der Waals surface area contributed by atoms with Crippen molar-refractivity contribution in [2.45, 2.75) is 45.9 Å². The molecule has 0 radical (unpaired) electrons. The molecule has 1 saturated heterocycles. The highest BCUT2D eigenvalue weighted by Gasteiger charge is 2.34. The monoisotopic (exact) mass is 389 g/mol. The van der Waals surface area contributed by atoms with Gasteiger partial charge in [0, 0.05) is 19.6 Å². The number of guanidine groups is 1. The molecule has 1 aliphatic heterocycles. The van der Waals surface area contributed by atoms with Gasteiger partial charge in [0.15, 0.2) is 11.7 Å². The van der Waals surface area contributed by atoms with Gasteiger partial charge in [-0.05, 0) is 39.8 Å². The molecule has 152 valence electrons. The van der Waals surface area contributed by atoms with Gasteiger partial charge in [0.05, 0.1) is 12.3 Å². The molecular formula is C18H27N7O3. The second-order valence-corrected chi connectivity index (χ2v) is 7.50. The van der Waals surface area contributed by atoms with E-state index in [0.29, 0.717) is 43.0 Å². The highest BCUT2D eigenvalue weighted by atomic mass is 16.6. The molecule has 10 heteroatoms. The number of hydrogen-bond donors (Lipinski definition) is 3. The topological polar surface area (TPSA) is 121 Å². The normalized spacial score (nSPS) is 15.3. The van der Waals surface area contributed by atoms with Gasteiger partial charge in [-0.3, -0.25) is 5.10 Å². The molecule has 0 atom stereocenters. The van der Waals surface area contributed by atoms with Crippen molar-refractivity contribution in [3.63, 3.8) is 0 Å². The first-order valence-electron chi connectivity index (χ1n) is 9.32. The smallest absolute Gasteiger partial charge is 0.410 e. The molecule has 28 heavy (non-hydrogen) atoms. The van der Waals surface area contributed by atoms with Gasteiger partial charge in [0.1, 0.15) is 18.0 Å². The molecule has 3 N–H and O–H groups in total. The lowest BCUT2D eigenvalue weighted by atomic mass is 10.1. The van der Waals surface area contributed by atoms with Gasteiger partial charge in [-0.25, -0.2) is 14.8 Å². The van der Waals surface area contributed by atoms with Crippen LogP contribution in [-0.2, 0) is 11.3 Å². The van der Waals surface area contributed by atoms with Crippen LogP contribution >= 0.6 is 0 Å². The molecule has 3 rings (SSSR count). The lowest BCUT2D eigenvalue weighted by molar-refractivity contribution is 0.00701. The molecule has 0 aliphatic carbocycles. The summed E-state index contributed by atoms with van der Waals surface area (Å²) in [6.07, 6.45) is 1.29. The van der Waals surface area contributed by atoms with E-state index in [1.165, 1.54) is 0 Å². The van der Waals surface area contributed by atoms with Crippen molar-refractivity contribution in [3.05, 3.63) is 24.2 Å². The molecule has 2 aromatic rings. The highest BCUT2D eigenvalue weighted by molar-refractivity contribution is 5.80. The zero-order chi connectivity index (χ0) is 20.1. The predicted octanol–water partition coefficient (Wildman–Crippen LogP) is 1.74. The SMILES string of the molecule is CCNC(=NCc1nc(-c2ccco2)n[nH]1)NC1CN(C(=O)OC(C)(C)C)C1. The van der Waals surface area contributed by atoms with Crippen LogP contribution < -0.4 is 10.6 Å². The summed E-state index contributed by atoms with van der Waals surface area (Å²) >= 11 is 0. The standard InChI is InChI=1S/C18H27N7O3/c1-5-19-16(21-12-10-25(11-12)17(26)28-18(2,3)4)20-9-14-22-15(24-23-14)13-7-6-8-27-13/h6-8,12H,5,9-11H2,1-4H3,(H2,19,20,21)(H,22,23,24). The Bertz CT molecular complexity index is 802. The van der Waals surface area contributed by atoms with Crippen LogP contribution in [0.2, 0.25) is 0 Å². The minimum atomic E-state index is -0.489. The number of hydrogen-bond acceptors (Lipinski definition) is 6. The number of carbonyl (C=O) groups excluding carboxylic acids is 1. The Hall–Kier alpha value is -3.04. The Morgan fingerprint density at radius 1 is 1.46 bits per heavy atom. The fraction of sp³-hybridized carbons (Fsp3) is 0.556. The van der Waals surface area contributed by atoms with Gasteiger partial charge in [-0.2, -0.15) is 0 Å². The van der Waals surface area contributed by atoms with Crippen molar-refractivity contribution in [1.29, 1.82) is 0 Å². The maximum atomic E-state index is 12.0. The maximum absolute atomic E-state index is 12.0. The van der Waals surface area contributed by atoms with Gasteiger partial charge in [0.2, 0.25) is 5.82 Å². The molecule has 0 aromatic carbocycles. The second kappa shape index (κ2) is 8.32. The van der Waals surface area contributed by atoms with Crippen LogP contribution in [0.15, 0.2) is 27.8 Å². The molecule has 0 unspecified atom stereocenters. The molecular weight excluding hydrogens is 362 g/mol. The van der Waals surface area contributed by atoms with Crippen LogP contribution in [0.4, 0.5) is 4.79 Å². The summed E-state index contributed by atoms with van der Waals surface area (Å²) in [6.45, 7) is 9.78. The lowest BCUT2D eigenvalue weighted by Crippen LogP contribution is -2.63. The second-order valence-electron chi connectivity index (χ2n) is 7.50. The van der Waals surface area contributed by atoms with Crippen molar-refractivity contribution in [3.8, 4) is 11.6 Å². The minimum Gasteiger partial charge on any atom is -0.461 e. The van der Waals surface area contributed by atoms with Gasteiger partial charge in [-0.1, -0.05) is 0 Å². The lowest BCUT2D eigenvalue weighted by Gasteiger charge is -2.40. The number of H-pyrrole nitrogens is 1. The van der Waals surface area contributed by atoms with Crippen LogP contribution in [0.5, 0.6) is 0 Å². The van der Waals surface area contributed by atoms with Crippen LogP contribution in [0.25, 0.3) is 11.6 Å². The molecule has 2 aromatic heterocycles. The quantitative estimate of drug-likeness (QED) is 0.526. The van der Waals surface area contributed by atoms with Crippen molar-refractivity contribution < 1.29 is 13.9 Å².